The molecule has 2 unspecified atom stereocenters. The Morgan fingerprint density at radius 2 is 1.62 bits per heavy atom. The Kier molecular flexibility index (Phi) is 9.32. The fourth-order valence-corrected chi connectivity index (χ4v) is 6.10. The van der Waals surface area contributed by atoms with Crippen LogP contribution >= 0.6 is 11.6 Å². The molecule has 2 aliphatic rings. The van der Waals surface area contributed by atoms with Crippen LogP contribution in [0.4, 0.5) is 4.79 Å². The van der Waals surface area contributed by atoms with E-state index in [4.69, 9.17) is 21.1 Å². The van der Waals surface area contributed by atoms with Gasteiger partial charge in [-0.1, -0.05) is 60.8 Å². The van der Waals surface area contributed by atoms with Gasteiger partial charge in [-0.25, -0.2) is 4.79 Å². The van der Waals surface area contributed by atoms with Gasteiger partial charge in [0, 0.05) is 29.7 Å². The zero-order chi connectivity index (χ0) is 29.6. The van der Waals surface area contributed by atoms with Crippen molar-refractivity contribution in [2.24, 2.45) is 5.92 Å². The summed E-state index contributed by atoms with van der Waals surface area (Å²) < 4.78 is 10.6. The summed E-state index contributed by atoms with van der Waals surface area (Å²) in [5, 5.41) is 3.56. The molecule has 1 saturated heterocycles. The number of methoxy groups -OCH3 is 2. The average Bonchev–Trinajstić information content (AvgIpc) is 3.02. The molecule has 0 radical (unpaired) electrons. The molecule has 42 heavy (non-hydrogen) atoms. The maximum atomic E-state index is 13.7. The lowest BCUT2D eigenvalue weighted by Crippen LogP contribution is -2.61. The quantitative estimate of drug-likeness (QED) is 0.320. The van der Waals surface area contributed by atoms with E-state index >= 15 is 0 Å². The molecule has 1 saturated carbocycles. The Morgan fingerprint density at radius 1 is 0.905 bits per heavy atom. The average molecular weight is 590 g/mol. The maximum Gasteiger partial charge on any atom is 0.327 e. The van der Waals surface area contributed by atoms with Crippen molar-refractivity contribution < 1.29 is 23.9 Å². The van der Waals surface area contributed by atoms with Crippen LogP contribution in [0.2, 0.25) is 5.02 Å². The molecule has 0 spiro atoms. The first-order valence-corrected chi connectivity index (χ1v) is 14.7. The highest BCUT2D eigenvalue weighted by Crippen LogP contribution is 2.36. The molecular formula is C33H36ClN3O5. The molecule has 1 heterocycles. The lowest BCUT2D eigenvalue weighted by Gasteiger charge is -2.47. The molecule has 2 atom stereocenters. The van der Waals surface area contributed by atoms with Gasteiger partial charge >= 0.3 is 6.03 Å². The van der Waals surface area contributed by atoms with E-state index in [9.17, 15) is 14.4 Å². The van der Waals surface area contributed by atoms with E-state index in [-0.39, 0.29) is 36.3 Å². The molecule has 1 aliphatic heterocycles. The number of nitrogens with one attached hydrogen (secondary N) is 1. The van der Waals surface area contributed by atoms with E-state index in [1.54, 1.807) is 38.5 Å². The van der Waals surface area contributed by atoms with Gasteiger partial charge in [0.25, 0.3) is 5.91 Å². The van der Waals surface area contributed by atoms with E-state index in [2.05, 4.69) is 5.32 Å². The number of amides is 4. The summed E-state index contributed by atoms with van der Waals surface area (Å²) in [6, 6.07) is 19.8. The van der Waals surface area contributed by atoms with Crippen LogP contribution in [0, 0.1) is 5.92 Å². The second-order valence-corrected chi connectivity index (χ2v) is 11.2. The van der Waals surface area contributed by atoms with Gasteiger partial charge in [-0.3, -0.25) is 14.5 Å². The highest BCUT2D eigenvalue weighted by Gasteiger charge is 2.46. The summed E-state index contributed by atoms with van der Waals surface area (Å²) >= 11 is 6.43. The molecule has 220 valence electrons. The predicted molar refractivity (Wildman–Crippen MR) is 161 cm³/mol. The van der Waals surface area contributed by atoms with Crippen LogP contribution in [0.3, 0.4) is 0 Å². The third kappa shape index (κ3) is 6.39. The van der Waals surface area contributed by atoms with Crippen LogP contribution in [0.25, 0.3) is 0 Å². The van der Waals surface area contributed by atoms with Crippen molar-refractivity contribution in [2.75, 3.05) is 20.8 Å². The minimum Gasteiger partial charge on any atom is -0.493 e. The summed E-state index contributed by atoms with van der Waals surface area (Å²) in [6.45, 7) is 0.976. The van der Waals surface area contributed by atoms with Crippen molar-refractivity contribution in [1.82, 2.24) is 15.1 Å². The van der Waals surface area contributed by atoms with Gasteiger partial charge in [0.05, 0.1) is 26.7 Å². The number of urea groups is 1. The van der Waals surface area contributed by atoms with Gasteiger partial charge in [-0.15, -0.1) is 0 Å². The monoisotopic (exact) mass is 589 g/mol. The van der Waals surface area contributed by atoms with Crippen molar-refractivity contribution in [3.05, 3.63) is 94.0 Å². The molecule has 2 fully saturated rings. The number of benzene rings is 3. The molecule has 8 nitrogen and oxygen atoms in total. The summed E-state index contributed by atoms with van der Waals surface area (Å²) in [4.78, 5) is 43.2. The largest absolute Gasteiger partial charge is 0.493 e. The SMILES string of the molecule is COc1ccc(CCNC(=O)c2ccc(CN3C(=O)C4CCCCC4N(Cc4ccccc4Cl)C3=O)cc2)cc1OC. The molecule has 4 amide bonds. The van der Waals surface area contributed by atoms with Crippen LogP contribution in [-0.2, 0) is 24.3 Å². The number of ether oxygens (including phenoxy) is 2. The van der Waals surface area contributed by atoms with Crippen molar-refractivity contribution in [2.45, 2.75) is 51.2 Å². The molecule has 9 heteroatoms. The van der Waals surface area contributed by atoms with E-state index in [1.807, 2.05) is 47.4 Å². The number of fused-ring (bicyclic) bond motifs is 1. The molecule has 3 aromatic rings. The summed E-state index contributed by atoms with van der Waals surface area (Å²) in [5.74, 6) is 0.786. The number of rotatable bonds is 10. The van der Waals surface area contributed by atoms with Crippen LogP contribution in [0.1, 0.15) is 52.7 Å². The molecule has 5 rings (SSSR count). The van der Waals surface area contributed by atoms with Gasteiger partial charge in [0.15, 0.2) is 11.5 Å². The molecule has 3 aromatic carbocycles. The normalized spacial score (nSPS) is 18.5. The van der Waals surface area contributed by atoms with Gasteiger partial charge < -0.3 is 19.7 Å². The van der Waals surface area contributed by atoms with E-state index in [1.165, 1.54) is 4.90 Å². The van der Waals surface area contributed by atoms with Gasteiger partial charge in [0.2, 0.25) is 5.91 Å². The third-order valence-corrected chi connectivity index (χ3v) is 8.56. The molecule has 0 aromatic heterocycles. The lowest BCUT2D eigenvalue weighted by atomic mass is 9.81. The fraction of sp³-hybridized carbons (Fsp3) is 0.364. The number of carbonyl (C=O) groups is 3. The minimum atomic E-state index is -0.292. The van der Waals surface area contributed by atoms with Crippen molar-refractivity contribution in [3.63, 3.8) is 0 Å². The van der Waals surface area contributed by atoms with Crippen LogP contribution < -0.4 is 14.8 Å². The third-order valence-electron chi connectivity index (χ3n) is 8.19. The van der Waals surface area contributed by atoms with Gasteiger partial charge in [-0.2, -0.15) is 0 Å². The number of carbonyl (C=O) groups excluding carboxylic acids is 3. The van der Waals surface area contributed by atoms with E-state index in [0.29, 0.717) is 41.6 Å². The maximum absolute atomic E-state index is 13.7. The highest BCUT2D eigenvalue weighted by molar-refractivity contribution is 6.31. The van der Waals surface area contributed by atoms with Crippen LogP contribution in [0.15, 0.2) is 66.7 Å². The number of nitrogens with zero attached hydrogens (tertiary/aromatic N) is 2. The number of imide groups is 1. The Balaban J connectivity index is 1.22. The Bertz CT molecular complexity index is 1440. The zero-order valence-electron chi connectivity index (χ0n) is 24.0. The molecule has 0 bridgehead atoms. The summed E-state index contributed by atoms with van der Waals surface area (Å²) in [5.41, 5.74) is 3.18. The lowest BCUT2D eigenvalue weighted by molar-refractivity contribution is -0.141. The second-order valence-electron chi connectivity index (χ2n) is 10.8. The highest BCUT2D eigenvalue weighted by atomic mass is 35.5. The van der Waals surface area contributed by atoms with Crippen LogP contribution in [-0.4, -0.2) is 54.5 Å². The minimum absolute atomic E-state index is 0.114. The first-order valence-electron chi connectivity index (χ1n) is 14.3. The van der Waals surface area contributed by atoms with E-state index < -0.39 is 0 Å². The van der Waals surface area contributed by atoms with E-state index in [0.717, 1.165) is 42.4 Å². The molecular weight excluding hydrogens is 554 g/mol. The number of hydrogen-bond donors (Lipinski definition) is 1. The van der Waals surface area contributed by atoms with Crippen LogP contribution in [0.5, 0.6) is 11.5 Å². The second kappa shape index (κ2) is 13.3. The zero-order valence-corrected chi connectivity index (χ0v) is 24.7. The Hall–Kier alpha value is -4.04. The smallest absolute Gasteiger partial charge is 0.327 e. The summed E-state index contributed by atoms with van der Waals surface area (Å²) in [6.07, 6.45) is 4.20. The standard InChI is InChI=1S/C33H36ClN3O5/c1-41-29-16-13-22(19-30(29)42-2)17-18-35-31(38)24-14-11-23(12-15-24)20-37-32(39)26-8-4-6-10-28(26)36(33(37)40)21-25-7-3-5-9-27(25)34/h3,5,7,9,11-16,19,26,28H,4,6,8,10,17-18,20-21H2,1-2H3,(H,35,38). The Morgan fingerprint density at radius 3 is 2.36 bits per heavy atom. The number of hydrogen-bond acceptors (Lipinski definition) is 5. The van der Waals surface area contributed by atoms with Gasteiger partial charge in [0.1, 0.15) is 0 Å². The molecule has 1 aliphatic carbocycles. The van der Waals surface area contributed by atoms with Gasteiger partial charge in [-0.05, 0) is 66.3 Å². The first-order chi connectivity index (χ1) is 20.4. The Labute approximate surface area is 251 Å². The predicted octanol–water partition coefficient (Wildman–Crippen LogP) is 5.85. The first kappa shape index (κ1) is 29.5. The molecule has 1 N–H and O–H groups in total. The van der Waals surface area contributed by atoms with Crippen molar-refractivity contribution >= 4 is 29.4 Å². The number of halogens is 1. The summed E-state index contributed by atoms with van der Waals surface area (Å²) in [7, 11) is 3.18. The topological polar surface area (TPSA) is 88.2 Å². The van der Waals surface area contributed by atoms with Crippen molar-refractivity contribution in [1.29, 1.82) is 0 Å². The van der Waals surface area contributed by atoms with Crippen molar-refractivity contribution in [3.8, 4) is 11.5 Å². The fourth-order valence-electron chi connectivity index (χ4n) is 5.91.